The minimum absolute atomic E-state index is 0.247. The van der Waals surface area contributed by atoms with E-state index in [1.807, 2.05) is 0 Å². The number of hydrazine groups is 1. The summed E-state index contributed by atoms with van der Waals surface area (Å²) in [6.07, 6.45) is 0. The third kappa shape index (κ3) is 3.65. The van der Waals surface area contributed by atoms with Gasteiger partial charge in [0.2, 0.25) is 0 Å². The van der Waals surface area contributed by atoms with Gasteiger partial charge < -0.3 is 0 Å². The van der Waals surface area contributed by atoms with Crippen LogP contribution in [0.25, 0.3) is 0 Å². The molecule has 0 aliphatic heterocycles. The highest BCUT2D eigenvalue weighted by Crippen LogP contribution is 2.27. The highest BCUT2D eigenvalue weighted by atomic mass is 35.5. The molecule has 3 nitrogen and oxygen atoms in total. The lowest BCUT2D eigenvalue weighted by Gasteiger charge is -2.36. The van der Waals surface area contributed by atoms with E-state index in [-0.39, 0.29) is 10.6 Å². The van der Waals surface area contributed by atoms with Gasteiger partial charge in [-0.15, -0.1) is 0 Å². The Morgan fingerprint density at radius 3 is 2.11 bits per heavy atom. The van der Waals surface area contributed by atoms with Gasteiger partial charge in [-0.2, -0.15) is 0 Å². The zero-order valence-electron chi connectivity index (χ0n) is 10.0. The molecule has 0 heterocycles. The van der Waals surface area contributed by atoms with Gasteiger partial charge in [0, 0.05) is 28.6 Å². The smallest absolute Gasteiger partial charge is 0.267 e. The molecule has 0 saturated carbocycles. The third-order valence-corrected chi connectivity index (χ3v) is 2.99. The minimum Gasteiger partial charge on any atom is -0.267 e. The van der Waals surface area contributed by atoms with Gasteiger partial charge in [-0.05, 0) is 43.0 Å². The maximum atomic E-state index is 12.4. The quantitative estimate of drug-likeness (QED) is 0.577. The summed E-state index contributed by atoms with van der Waals surface area (Å²) in [6.45, 7) is 5.39. The van der Waals surface area contributed by atoms with Gasteiger partial charge in [0.15, 0.2) is 0 Å². The van der Waals surface area contributed by atoms with E-state index in [0.717, 1.165) is 0 Å². The van der Waals surface area contributed by atoms with Gasteiger partial charge in [-0.1, -0.05) is 23.2 Å². The van der Waals surface area contributed by atoms with Crippen molar-refractivity contribution in [2.45, 2.75) is 26.3 Å². The average Bonchev–Trinajstić information content (AvgIpc) is 2.13. The SMILES string of the molecule is CC(C)(C)N(C(=O)c1ccc(Cl)cc1Cl)N(Cl)Cl. The van der Waals surface area contributed by atoms with Crippen molar-refractivity contribution in [3.8, 4) is 0 Å². The van der Waals surface area contributed by atoms with Crippen LogP contribution in [0.4, 0.5) is 0 Å². The van der Waals surface area contributed by atoms with Crippen molar-refractivity contribution in [3.05, 3.63) is 33.8 Å². The number of hydrogen-bond acceptors (Lipinski definition) is 2. The highest BCUT2D eigenvalue weighted by molar-refractivity contribution is 6.37. The van der Waals surface area contributed by atoms with Crippen LogP contribution in [0.15, 0.2) is 18.2 Å². The Balaban J connectivity index is 3.19. The van der Waals surface area contributed by atoms with Crippen LogP contribution in [0.1, 0.15) is 31.1 Å². The second-order valence-electron chi connectivity index (χ2n) is 4.63. The molecule has 0 atom stereocenters. The second kappa shape index (κ2) is 5.85. The van der Waals surface area contributed by atoms with Crippen LogP contribution in [0.3, 0.4) is 0 Å². The molecule has 0 radical (unpaired) electrons. The van der Waals surface area contributed by atoms with Gasteiger partial charge in [0.1, 0.15) is 0 Å². The molecule has 1 amide bonds. The number of halogens is 4. The van der Waals surface area contributed by atoms with Crippen LogP contribution in [-0.2, 0) is 0 Å². The van der Waals surface area contributed by atoms with Gasteiger partial charge in [0.05, 0.1) is 16.1 Å². The molecule has 0 aromatic heterocycles. The van der Waals surface area contributed by atoms with E-state index in [1.54, 1.807) is 26.8 Å². The maximum Gasteiger partial charge on any atom is 0.272 e. The lowest BCUT2D eigenvalue weighted by atomic mass is 10.1. The number of carbonyl (C=O) groups excluding carboxylic acids is 1. The summed E-state index contributed by atoms with van der Waals surface area (Å²) in [6, 6.07) is 4.60. The summed E-state index contributed by atoms with van der Waals surface area (Å²) >= 11 is 23.2. The zero-order valence-corrected chi connectivity index (χ0v) is 13.1. The van der Waals surface area contributed by atoms with Crippen LogP contribution in [-0.4, -0.2) is 20.5 Å². The number of amides is 1. The molecular weight excluding hydrogens is 318 g/mol. The van der Waals surface area contributed by atoms with Gasteiger partial charge in [-0.3, -0.25) is 4.79 Å². The monoisotopic (exact) mass is 328 g/mol. The molecule has 18 heavy (non-hydrogen) atoms. The molecular formula is C11H12Cl4N2O. The summed E-state index contributed by atoms with van der Waals surface area (Å²) in [5.74, 6) is -0.408. The molecule has 0 unspecified atom stereocenters. The number of carbonyl (C=O) groups is 1. The fraction of sp³-hybridized carbons (Fsp3) is 0.364. The first-order chi connectivity index (χ1) is 8.14. The van der Waals surface area contributed by atoms with Crippen molar-refractivity contribution in [2.75, 3.05) is 0 Å². The van der Waals surface area contributed by atoms with Crippen LogP contribution >= 0.6 is 46.8 Å². The first kappa shape index (κ1) is 15.9. The summed E-state index contributed by atoms with van der Waals surface area (Å²) < 4.78 is 0.702. The molecule has 0 bridgehead atoms. The summed E-state index contributed by atoms with van der Waals surface area (Å²) in [5.41, 5.74) is -0.314. The van der Waals surface area contributed by atoms with Gasteiger partial charge >= 0.3 is 0 Å². The Morgan fingerprint density at radius 2 is 1.72 bits per heavy atom. The molecule has 0 N–H and O–H groups in total. The second-order valence-corrected chi connectivity index (χ2v) is 6.28. The molecule has 0 aliphatic rings. The Kier molecular flexibility index (Phi) is 5.15. The molecule has 1 rings (SSSR count). The third-order valence-electron chi connectivity index (χ3n) is 2.14. The standard InChI is InChI=1S/C11H12Cl4N2O/c1-11(2,3)16(17(14)15)10(18)8-5-4-7(12)6-9(8)13/h4-6H,1-3H3. The van der Waals surface area contributed by atoms with Crippen molar-refractivity contribution in [1.82, 2.24) is 9.06 Å². The van der Waals surface area contributed by atoms with E-state index in [2.05, 4.69) is 0 Å². The van der Waals surface area contributed by atoms with Crippen LogP contribution in [0.2, 0.25) is 10.0 Å². The predicted molar refractivity (Wildman–Crippen MR) is 75.9 cm³/mol. The first-order valence-corrected chi connectivity index (χ1v) is 6.49. The Morgan fingerprint density at radius 1 is 1.17 bits per heavy atom. The lowest BCUT2D eigenvalue weighted by molar-refractivity contribution is 0.0244. The maximum absolute atomic E-state index is 12.4. The molecule has 0 aliphatic carbocycles. The molecule has 0 saturated heterocycles. The van der Waals surface area contributed by atoms with Crippen molar-refractivity contribution in [1.29, 1.82) is 0 Å². The van der Waals surface area contributed by atoms with E-state index in [0.29, 0.717) is 9.07 Å². The molecule has 7 heteroatoms. The number of benzene rings is 1. The summed E-state index contributed by atoms with van der Waals surface area (Å²) in [4.78, 5) is 12.4. The zero-order chi connectivity index (χ0) is 14.1. The number of rotatable bonds is 2. The molecule has 0 spiro atoms. The molecule has 1 aromatic carbocycles. The van der Waals surface area contributed by atoms with Crippen LogP contribution in [0, 0.1) is 0 Å². The van der Waals surface area contributed by atoms with Crippen molar-refractivity contribution < 1.29 is 4.79 Å². The van der Waals surface area contributed by atoms with Crippen LogP contribution in [0.5, 0.6) is 0 Å². The number of nitrogens with zero attached hydrogens (tertiary/aromatic N) is 2. The number of hydrogen-bond donors (Lipinski definition) is 0. The van der Waals surface area contributed by atoms with Gasteiger partial charge in [-0.25, -0.2) is 5.01 Å². The van der Waals surface area contributed by atoms with E-state index in [9.17, 15) is 4.79 Å². The molecule has 100 valence electrons. The Hall–Kier alpha value is -0.190. The first-order valence-electron chi connectivity index (χ1n) is 5.06. The van der Waals surface area contributed by atoms with E-state index >= 15 is 0 Å². The fourth-order valence-corrected chi connectivity index (χ4v) is 2.46. The fourth-order valence-electron chi connectivity index (χ4n) is 1.38. The van der Waals surface area contributed by atoms with Crippen molar-refractivity contribution in [3.63, 3.8) is 0 Å². The van der Waals surface area contributed by atoms with E-state index < -0.39 is 11.4 Å². The Labute approximate surface area is 126 Å². The van der Waals surface area contributed by atoms with E-state index in [1.165, 1.54) is 17.1 Å². The largest absolute Gasteiger partial charge is 0.272 e. The Bertz CT molecular complexity index is 457. The summed E-state index contributed by atoms with van der Waals surface area (Å²) in [5, 5.41) is 1.88. The molecule has 0 fully saturated rings. The normalized spacial score (nSPS) is 11.8. The lowest BCUT2D eigenvalue weighted by Crippen LogP contribution is -2.49. The van der Waals surface area contributed by atoms with Crippen LogP contribution < -0.4 is 0 Å². The predicted octanol–water partition coefficient (Wildman–Crippen LogP) is 4.76. The van der Waals surface area contributed by atoms with E-state index in [4.69, 9.17) is 46.8 Å². The van der Waals surface area contributed by atoms with Crippen molar-refractivity contribution in [2.24, 2.45) is 0 Å². The van der Waals surface area contributed by atoms with Crippen molar-refractivity contribution >= 4 is 52.7 Å². The summed E-state index contributed by atoms with van der Waals surface area (Å²) in [7, 11) is 0. The van der Waals surface area contributed by atoms with Gasteiger partial charge in [0.25, 0.3) is 5.91 Å². The molecule has 1 aromatic rings. The minimum atomic E-state index is -0.594. The average molecular weight is 330 g/mol. The topological polar surface area (TPSA) is 23.6 Å². The highest BCUT2D eigenvalue weighted by Gasteiger charge is 2.32.